The maximum atomic E-state index is 13.5. The Balaban J connectivity index is 2.32. The van der Waals surface area contributed by atoms with Crippen LogP contribution in [0.2, 0.25) is 5.02 Å². The molecule has 1 aromatic carbocycles. The van der Waals surface area contributed by atoms with Crippen molar-refractivity contribution >= 4 is 11.6 Å². The highest BCUT2D eigenvalue weighted by atomic mass is 35.5. The van der Waals surface area contributed by atoms with Gasteiger partial charge in [0, 0.05) is 6.07 Å². The zero-order valence-electron chi connectivity index (χ0n) is 8.52. The lowest BCUT2D eigenvalue weighted by atomic mass is 10.3. The molecular weight excluding hydrogens is 243 g/mol. The number of nitriles is 1. The fraction of sp³-hybridized carbons (Fsp3) is 0. The van der Waals surface area contributed by atoms with Gasteiger partial charge in [-0.1, -0.05) is 23.7 Å². The highest BCUT2D eigenvalue weighted by Crippen LogP contribution is 2.27. The third kappa shape index (κ3) is 2.52. The first-order chi connectivity index (χ1) is 8.20. The molecule has 5 heteroatoms. The van der Waals surface area contributed by atoms with Crippen LogP contribution in [0.4, 0.5) is 4.39 Å². The van der Waals surface area contributed by atoms with Gasteiger partial charge in [-0.05, 0) is 18.2 Å². The first-order valence-electron chi connectivity index (χ1n) is 4.70. The summed E-state index contributed by atoms with van der Waals surface area (Å²) < 4.78 is 18.7. The van der Waals surface area contributed by atoms with E-state index < -0.39 is 5.82 Å². The number of aromatic nitrogens is 1. The summed E-state index contributed by atoms with van der Waals surface area (Å²) in [5.74, 6) is -0.538. The Morgan fingerprint density at radius 1 is 1.24 bits per heavy atom. The molecule has 0 radical (unpaired) electrons. The van der Waals surface area contributed by atoms with E-state index in [4.69, 9.17) is 21.6 Å². The van der Waals surface area contributed by atoms with Crippen LogP contribution in [0.1, 0.15) is 5.69 Å². The van der Waals surface area contributed by atoms with Gasteiger partial charge < -0.3 is 4.74 Å². The molecule has 0 aliphatic heterocycles. The van der Waals surface area contributed by atoms with Gasteiger partial charge in [0.2, 0.25) is 5.88 Å². The van der Waals surface area contributed by atoms with Gasteiger partial charge in [0.1, 0.15) is 11.8 Å². The molecule has 0 aliphatic carbocycles. The molecule has 0 aliphatic rings. The van der Waals surface area contributed by atoms with Crippen molar-refractivity contribution < 1.29 is 9.13 Å². The van der Waals surface area contributed by atoms with Crippen molar-refractivity contribution in [2.24, 2.45) is 0 Å². The molecule has 1 heterocycles. The second kappa shape index (κ2) is 4.81. The van der Waals surface area contributed by atoms with Crippen LogP contribution in [0, 0.1) is 17.1 Å². The molecule has 0 N–H and O–H groups in total. The van der Waals surface area contributed by atoms with Crippen LogP contribution in [-0.2, 0) is 0 Å². The number of pyridine rings is 1. The summed E-state index contributed by atoms with van der Waals surface area (Å²) in [6.07, 6.45) is 0. The Kier molecular flexibility index (Phi) is 3.22. The summed E-state index contributed by atoms with van der Waals surface area (Å²) >= 11 is 5.61. The third-order valence-corrected chi connectivity index (χ3v) is 2.26. The topological polar surface area (TPSA) is 45.9 Å². The lowest BCUT2D eigenvalue weighted by Gasteiger charge is -2.06. The predicted molar refractivity (Wildman–Crippen MR) is 60.4 cm³/mol. The van der Waals surface area contributed by atoms with Crippen molar-refractivity contribution in [2.75, 3.05) is 0 Å². The van der Waals surface area contributed by atoms with E-state index >= 15 is 0 Å². The number of nitrogens with zero attached hydrogens (tertiary/aromatic N) is 2. The quantitative estimate of drug-likeness (QED) is 0.817. The average Bonchev–Trinajstić information content (AvgIpc) is 2.35. The Hall–Kier alpha value is -2.12. The van der Waals surface area contributed by atoms with Gasteiger partial charge in [-0.15, -0.1) is 0 Å². The Labute approximate surface area is 102 Å². The molecule has 0 unspecified atom stereocenters. The summed E-state index contributed by atoms with van der Waals surface area (Å²) in [5.41, 5.74) is 0.199. The van der Waals surface area contributed by atoms with Crippen molar-refractivity contribution in [3.63, 3.8) is 0 Å². The van der Waals surface area contributed by atoms with E-state index in [0.717, 1.165) is 0 Å². The fourth-order valence-electron chi connectivity index (χ4n) is 1.21. The molecule has 17 heavy (non-hydrogen) atoms. The minimum atomic E-state index is -0.654. The normalized spacial score (nSPS) is 9.71. The van der Waals surface area contributed by atoms with Crippen LogP contribution in [0.25, 0.3) is 0 Å². The maximum Gasteiger partial charge on any atom is 0.220 e. The van der Waals surface area contributed by atoms with E-state index in [2.05, 4.69) is 4.98 Å². The molecule has 0 atom stereocenters. The smallest absolute Gasteiger partial charge is 0.220 e. The summed E-state index contributed by atoms with van der Waals surface area (Å²) in [6, 6.07) is 10.9. The Bertz CT molecular complexity index is 595. The van der Waals surface area contributed by atoms with Gasteiger partial charge in [0.25, 0.3) is 0 Å². The molecule has 1 aromatic heterocycles. The number of hydrogen-bond acceptors (Lipinski definition) is 3. The van der Waals surface area contributed by atoms with E-state index in [1.165, 1.54) is 24.3 Å². The van der Waals surface area contributed by atoms with Crippen LogP contribution in [0.3, 0.4) is 0 Å². The zero-order valence-corrected chi connectivity index (χ0v) is 9.28. The number of rotatable bonds is 2. The van der Waals surface area contributed by atoms with Crippen LogP contribution in [0.15, 0.2) is 36.4 Å². The lowest BCUT2D eigenvalue weighted by Crippen LogP contribution is -1.92. The molecule has 0 saturated heterocycles. The Morgan fingerprint density at radius 3 is 2.76 bits per heavy atom. The van der Waals surface area contributed by atoms with Gasteiger partial charge in [0.15, 0.2) is 11.6 Å². The first kappa shape index (κ1) is 11.4. The molecule has 3 nitrogen and oxygen atoms in total. The minimum absolute atomic E-state index is 0.0277. The van der Waals surface area contributed by atoms with Crippen LogP contribution < -0.4 is 4.74 Å². The van der Waals surface area contributed by atoms with Crippen molar-refractivity contribution in [3.05, 3.63) is 52.9 Å². The SMILES string of the molecule is N#Cc1cccc(Oc2cccc(Cl)c2F)n1. The van der Waals surface area contributed by atoms with Gasteiger partial charge in [-0.25, -0.2) is 9.37 Å². The van der Waals surface area contributed by atoms with E-state index in [-0.39, 0.29) is 22.3 Å². The van der Waals surface area contributed by atoms with Crippen molar-refractivity contribution in [1.29, 1.82) is 5.26 Å². The third-order valence-electron chi connectivity index (χ3n) is 1.97. The number of hydrogen-bond donors (Lipinski definition) is 0. The van der Waals surface area contributed by atoms with E-state index in [1.54, 1.807) is 12.1 Å². The van der Waals surface area contributed by atoms with Gasteiger partial charge in [0.05, 0.1) is 5.02 Å². The van der Waals surface area contributed by atoms with E-state index in [9.17, 15) is 4.39 Å². The molecule has 0 spiro atoms. The molecular formula is C12H6ClFN2O. The van der Waals surface area contributed by atoms with Crippen LogP contribution in [-0.4, -0.2) is 4.98 Å². The summed E-state index contributed by atoms with van der Waals surface area (Å²) in [4.78, 5) is 3.86. The largest absolute Gasteiger partial charge is 0.436 e. The van der Waals surface area contributed by atoms with Gasteiger partial charge in [-0.2, -0.15) is 5.26 Å². The van der Waals surface area contributed by atoms with Crippen molar-refractivity contribution in [2.45, 2.75) is 0 Å². The summed E-state index contributed by atoms with van der Waals surface area (Å²) in [7, 11) is 0. The maximum absolute atomic E-state index is 13.5. The highest BCUT2D eigenvalue weighted by molar-refractivity contribution is 6.30. The van der Waals surface area contributed by atoms with Crippen molar-refractivity contribution in [3.8, 4) is 17.7 Å². The van der Waals surface area contributed by atoms with Crippen LogP contribution >= 0.6 is 11.6 Å². The molecule has 84 valence electrons. The second-order valence-corrected chi connectivity index (χ2v) is 3.53. The number of benzene rings is 1. The molecule has 0 fully saturated rings. The predicted octanol–water partition coefficient (Wildman–Crippen LogP) is 3.54. The zero-order chi connectivity index (χ0) is 12.3. The molecule has 0 bridgehead atoms. The summed E-state index contributed by atoms with van der Waals surface area (Å²) in [5, 5.41) is 8.63. The standard InChI is InChI=1S/C12H6ClFN2O/c13-9-4-2-5-10(12(9)14)17-11-6-1-3-8(7-15)16-11/h1-6H. The molecule has 0 saturated carbocycles. The lowest BCUT2D eigenvalue weighted by molar-refractivity contribution is 0.427. The van der Waals surface area contributed by atoms with E-state index in [1.807, 2.05) is 6.07 Å². The molecule has 0 amide bonds. The fourth-order valence-corrected chi connectivity index (χ4v) is 1.38. The monoisotopic (exact) mass is 248 g/mol. The van der Waals surface area contributed by atoms with Crippen molar-refractivity contribution in [1.82, 2.24) is 4.98 Å². The summed E-state index contributed by atoms with van der Waals surface area (Å²) in [6.45, 7) is 0. The Morgan fingerprint density at radius 2 is 2.00 bits per heavy atom. The number of halogens is 2. The molecule has 2 aromatic rings. The number of ether oxygens (including phenoxy) is 1. The minimum Gasteiger partial charge on any atom is -0.436 e. The highest BCUT2D eigenvalue weighted by Gasteiger charge is 2.09. The van der Waals surface area contributed by atoms with Gasteiger partial charge in [-0.3, -0.25) is 0 Å². The second-order valence-electron chi connectivity index (χ2n) is 3.13. The van der Waals surface area contributed by atoms with Crippen LogP contribution in [0.5, 0.6) is 11.6 Å². The van der Waals surface area contributed by atoms with Gasteiger partial charge >= 0.3 is 0 Å². The average molecular weight is 249 g/mol. The first-order valence-corrected chi connectivity index (χ1v) is 5.07. The molecule has 2 rings (SSSR count). The van der Waals surface area contributed by atoms with E-state index in [0.29, 0.717) is 0 Å².